The zero-order valence-corrected chi connectivity index (χ0v) is 8.28. The van der Waals surface area contributed by atoms with E-state index in [1.54, 1.807) is 6.26 Å². The predicted octanol–water partition coefficient (Wildman–Crippen LogP) is 1.82. The summed E-state index contributed by atoms with van der Waals surface area (Å²) in [5, 5.41) is 12.8. The monoisotopic (exact) mass is 195 g/mol. The standard InChI is InChI=1S/C10H13NO3/c1-10(2)3-6-5-14-11-8(6)7(4-10)9(12)13/h5,7H,3-4H2,1-2H3,(H,12,13). The molecule has 76 valence electrons. The van der Waals surface area contributed by atoms with Crippen molar-refractivity contribution in [3.05, 3.63) is 17.5 Å². The third-order valence-corrected chi connectivity index (χ3v) is 2.73. The highest BCUT2D eigenvalue weighted by Gasteiger charge is 2.38. The summed E-state index contributed by atoms with van der Waals surface area (Å²) in [5.41, 5.74) is 1.56. The van der Waals surface area contributed by atoms with Crippen molar-refractivity contribution in [3.8, 4) is 0 Å². The van der Waals surface area contributed by atoms with Crippen LogP contribution in [-0.2, 0) is 11.2 Å². The summed E-state index contributed by atoms with van der Waals surface area (Å²) in [6, 6.07) is 0. The Hall–Kier alpha value is -1.32. The fourth-order valence-corrected chi connectivity index (χ4v) is 2.13. The van der Waals surface area contributed by atoms with Crippen molar-refractivity contribution in [2.24, 2.45) is 5.41 Å². The lowest BCUT2D eigenvalue weighted by atomic mass is 9.72. The molecule has 4 heteroatoms. The van der Waals surface area contributed by atoms with E-state index in [-0.39, 0.29) is 5.41 Å². The van der Waals surface area contributed by atoms with Crippen LogP contribution in [0.3, 0.4) is 0 Å². The van der Waals surface area contributed by atoms with Crippen molar-refractivity contribution < 1.29 is 14.4 Å². The molecule has 0 spiro atoms. The van der Waals surface area contributed by atoms with Gasteiger partial charge in [0, 0.05) is 5.56 Å². The number of carboxylic acid groups (broad SMARTS) is 1. The Bertz CT molecular complexity index is 367. The van der Waals surface area contributed by atoms with Crippen molar-refractivity contribution in [2.75, 3.05) is 0 Å². The van der Waals surface area contributed by atoms with Crippen molar-refractivity contribution >= 4 is 5.97 Å². The first kappa shape index (κ1) is 9.24. The highest BCUT2D eigenvalue weighted by Crippen LogP contribution is 2.41. The van der Waals surface area contributed by atoms with Crippen LogP contribution in [0.2, 0.25) is 0 Å². The highest BCUT2D eigenvalue weighted by atomic mass is 16.5. The Morgan fingerprint density at radius 3 is 3.07 bits per heavy atom. The molecule has 0 saturated carbocycles. The molecule has 2 rings (SSSR count). The smallest absolute Gasteiger partial charge is 0.312 e. The van der Waals surface area contributed by atoms with Gasteiger partial charge in [-0.1, -0.05) is 19.0 Å². The van der Waals surface area contributed by atoms with Gasteiger partial charge in [-0.15, -0.1) is 0 Å². The van der Waals surface area contributed by atoms with Crippen molar-refractivity contribution in [3.63, 3.8) is 0 Å². The lowest BCUT2D eigenvalue weighted by Crippen LogP contribution is -2.29. The first-order chi connectivity index (χ1) is 6.49. The molecule has 1 N–H and O–H groups in total. The molecular weight excluding hydrogens is 182 g/mol. The van der Waals surface area contributed by atoms with Gasteiger partial charge in [-0.3, -0.25) is 4.79 Å². The molecule has 1 atom stereocenters. The molecule has 0 aromatic carbocycles. The summed E-state index contributed by atoms with van der Waals surface area (Å²) in [4.78, 5) is 11.0. The van der Waals surface area contributed by atoms with Crippen LogP contribution in [0.25, 0.3) is 0 Å². The van der Waals surface area contributed by atoms with Crippen molar-refractivity contribution in [1.29, 1.82) is 0 Å². The maximum atomic E-state index is 11.0. The minimum absolute atomic E-state index is 0.0155. The van der Waals surface area contributed by atoms with E-state index in [1.165, 1.54) is 0 Å². The first-order valence-corrected chi connectivity index (χ1v) is 4.65. The molecule has 1 aliphatic rings. The number of aromatic nitrogens is 1. The summed E-state index contributed by atoms with van der Waals surface area (Å²) in [5.74, 6) is -1.32. The van der Waals surface area contributed by atoms with Crippen LogP contribution < -0.4 is 0 Å². The molecule has 0 bridgehead atoms. The van der Waals surface area contributed by atoms with E-state index >= 15 is 0 Å². The molecule has 0 aliphatic heterocycles. The number of hydrogen-bond donors (Lipinski definition) is 1. The summed E-state index contributed by atoms with van der Waals surface area (Å²) < 4.78 is 4.83. The van der Waals surface area contributed by atoms with Gasteiger partial charge < -0.3 is 9.63 Å². The fourth-order valence-electron chi connectivity index (χ4n) is 2.13. The van der Waals surface area contributed by atoms with E-state index in [4.69, 9.17) is 9.63 Å². The Morgan fingerprint density at radius 2 is 2.43 bits per heavy atom. The predicted molar refractivity (Wildman–Crippen MR) is 49.0 cm³/mol. The number of fused-ring (bicyclic) bond motifs is 1. The summed E-state index contributed by atoms with van der Waals surface area (Å²) in [6.45, 7) is 4.14. The summed E-state index contributed by atoms with van der Waals surface area (Å²) >= 11 is 0. The highest BCUT2D eigenvalue weighted by molar-refractivity contribution is 5.76. The third kappa shape index (κ3) is 1.41. The van der Waals surface area contributed by atoms with E-state index in [2.05, 4.69) is 19.0 Å². The molecule has 0 fully saturated rings. The number of nitrogens with zero attached hydrogens (tertiary/aromatic N) is 1. The molecule has 1 aliphatic carbocycles. The van der Waals surface area contributed by atoms with Gasteiger partial charge in [-0.25, -0.2) is 0 Å². The van der Waals surface area contributed by atoms with E-state index in [0.717, 1.165) is 12.0 Å². The van der Waals surface area contributed by atoms with Gasteiger partial charge in [0.05, 0.1) is 0 Å². The van der Waals surface area contributed by atoms with Crippen LogP contribution >= 0.6 is 0 Å². The van der Waals surface area contributed by atoms with Gasteiger partial charge in [-0.2, -0.15) is 0 Å². The number of rotatable bonds is 1. The Morgan fingerprint density at radius 1 is 1.71 bits per heavy atom. The summed E-state index contributed by atoms with van der Waals surface area (Å²) in [7, 11) is 0. The van der Waals surface area contributed by atoms with Gasteiger partial charge in [0.2, 0.25) is 0 Å². The van der Waals surface area contributed by atoms with Gasteiger partial charge in [0.1, 0.15) is 17.9 Å². The summed E-state index contributed by atoms with van der Waals surface area (Å²) in [6.07, 6.45) is 3.03. The topological polar surface area (TPSA) is 63.3 Å². The zero-order chi connectivity index (χ0) is 10.3. The van der Waals surface area contributed by atoms with Crippen LogP contribution in [0.5, 0.6) is 0 Å². The number of carbonyl (C=O) groups is 1. The van der Waals surface area contributed by atoms with Gasteiger partial charge >= 0.3 is 5.97 Å². The molecule has 1 aromatic heterocycles. The van der Waals surface area contributed by atoms with Gasteiger partial charge in [0.25, 0.3) is 0 Å². The zero-order valence-electron chi connectivity index (χ0n) is 8.28. The van der Waals surface area contributed by atoms with Crippen molar-refractivity contribution in [1.82, 2.24) is 5.16 Å². The molecule has 14 heavy (non-hydrogen) atoms. The number of aliphatic carboxylic acids is 1. The molecule has 0 radical (unpaired) electrons. The largest absolute Gasteiger partial charge is 0.481 e. The molecule has 0 saturated heterocycles. The third-order valence-electron chi connectivity index (χ3n) is 2.73. The maximum absolute atomic E-state index is 11.0. The lowest BCUT2D eigenvalue weighted by Gasteiger charge is -2.31. The normalized spacial score (nSPS) is 24.3. The Kier molecular flexibility index (Phi) is 1.87. The van der Waals surface area contributed by atoms with Crippen LogP contribution in [-0.4, -0.2) is 16.2 Å². The molecule has 0 amide bonds. The first-order valence-electron chi connectivity index (χ1n) is 4.65. The van der Waals surface area contributed by atoms with Gasteiger partial charge in [-0.05, 0) is 18.3 Å². The molecule has 1 unspecified atom stereocenters. The minimum atomic E-state index is -0.812. The number of carboxylic acids is 1. The number of hydrogen-bond acceptors (Lipinski definition) is 3. The van der Waals surface area contributed by atoms with E-state index in [9.17, 15) is 4.79 Å². The van der Waals surface area contributed by atoms with Crippen LogP contribution in [0.1, 0.15) is 37.4 Å². The van der Waals surface area contributed by atoms with Crippen molar-refractivity contribution in [2.45, 2.75) is 32.6 Å². The second kappa shape index (κ2) is 2.83. The molecule has 4 nitrogen and oxygen atoms in total. The second-order valence-corrected chi connectivity index (χ2v) is 4.66. The van der Waals surface area contributed by atoms with E-state index in [1.807, 2.05) is 0 Å². The average Bonchev–Trinajstić information content (AvgIpc) is 2.47. The Labute approximate surface area is 81.9 Å². The SMILES string of the molecule is CC1(C)Cc2conc2C(C(=O)O)C1. The van der Waals surface area contributed by atoms with E-state index in [0.29, 0.717) is 12.1 Å². The van der Waals surface area contributed by atoms with Crippen LogP contribution in [0.4, 0.5) is 0 Å². The van der Waals surface area contributed by atoms with Gasteiger partial charge in [0.15, 0.2) is 0 Å². The maximum Gasteiger partial charge on any atom is 0.312 e. The second-order valence-electron chi connectivity index (χ2n) is 4.66. The average molecular weight is 195 g/mol. The van der Waals surface area contributed by atoms with E-state index < -0.39 is 11.9 Å². The minimum Gasteiger partial charge on any atom is -0.481 e. The fraction of sp³-hybridized carbons (Fsp3) is 0.600. The molecule has 1 aromatic rings. The van der Waals surface area contributed by atoms with Crippen LogP contribution in [0.15, 0.2) is 10.8 Å². The lowest BCUT2D eigenvalue weighted by molar-refractivity contribution is -0.140. The molecular formula is C10H13NO3. The molecule has 1 heterocycles. The quantitative estimate of drug-likeness (QED) is 0.742. The van der Waals surface area contributed by atoms with Crippen LogP contribution in [0, 0.1) is 5.41 Å². The Balaban J connectivity index is 2.42.